The van der Waals surface area contributed by atoms with Crippen LogP contribution in [-0.4, -0.2) is 25.2 Å². The molecule has 0 spiro atoms. The fourth-order valence-electron chi connectivity index (χ4n) is 4.95. The van der Waals surface area contributed by atoms with E-state index in [-0.39, 0.29) is 0 Å². The molecule has 2 heterocycles. The molecule has 2 aliphatic carbocycles. The Morgan fingerprint density at radius 3 is 1.30 bits per heavy atom. The predicted octanol–water partition coefficient (Wildman–Crippen LogP) is 3.86. The Labute approximate surface area is 125 Å². The largest absolute Gasteiger partial charge is 0.314 e. The van der Waals surface area contributed by atoms with Crippen LogP contribution in [0, 0.1) is 11.8 Å². The minimum atomic E-state index is 0.905. The van der Waals surface area contributed by atoms with Gasteiger partial charge in [-0.1, -0.05) is 25.7 Å². The molecule has 2 nitrogen and oxygen atoms in total. The van der Waals surface area contributed by atoms with Gasteiger partial charge in [0.15, 0.2) is 0 Å². The lowest BCUT2D eigenvalue weighted by atomic mass is 9.80. The van der Waals surface area contributed by atoms with Crippen molar-refractivity contribution in [3.63, 3.8) is 0 Å². The van der Waals surface area contributed by atoms with Crippen molar-refractivity contribution >= 4 is 0 Å². The van der Waals surface area contributed by atoms with Crippen LogP contribution in [0.15, 0.2) is 0 Å². The van der Waals surface area contributed by atoms with Crippen LogP contribution >= 0.6 is 0 Å². The van der Waals surface area contributed by atoms with Crippen LogP contribution in [0.2, 0.25) is 0 Å². The summed E-state index contributed by atoms with van der Waals surface area (Å²) in [5, 5.41) is 7.24. The summed E-state index contributed by atoms with van der Waals surface area (Å²) in [6, 6.07) is 1.81. The standard InChI is InChI=1S/2C9H17N/c2*1-2-6-9-8(4-1)5-3-7-10-9/h2*8-10H,1-7H2/t2*8-,9+/m10/s1. The van der Waals surface area contributed by atoms with Gasteiger partial charge in [-0.25, -0.2) is 0 Å². The molecule has 2 N–H and O–H groups in total. The Hall–Kier alpha value is -0.0800. The number of fused-ring (bicyclic) bond motifs is 2. The Balaban J connectivity index is 0.000000121. The van der Waals surface area contributed by atoms with E-state index in [0.29, 0.717) is 0 Å². The van der Waals surface area contributed by atoms with E-state index in [9.17, 15) is 0 Å². The average Bonchev–Trinajstić information content (AvgIpc) is 2.56. The summed E-state index contributed by atoms with van der Waals surface area (Å²) in [6.07, 6.45) is 17.6. The van der Waals surface area contributed by atoms with Crippen molar-refractivity contribution in [2.24, 2.45) is 11.8 Å². The highest BCUT2D eigenvalue weighted by molar-refractivity contribution is 4.84. The van der Waals surface area contributed by atoms with Gasteiger partial charge >= 0.3 is 0 Å². The first-order chi connectivity index (χ1) is 9.93. The number of piperidine rings is 2. The van der Waals surface area contributed by atoms with Crippen molar-refractivity contribution in [2.45, 2.75) is 89.1 Å². The van der Waals surface area contributed by atoms with E-state index < -0.39 is 0 Å². The van der Waals surface area contributed by atoms with E-state index in [4.69, 9.17) is 0 Å². The van der Waals surface area contributed by atoms with Crippen molar-refractivity contribution in [3.8, 4) is 0 Å². The Morgan fingerprint density at radius 2 is 0.850 bits per heavy atom. The van der Waals surface area contributed by atoms with Gasteiger partial charge in [0.2, 0.25) is 0 Å². The molecule has 20 heavy (non-hydrogen) atoms. The van der Waals surface area contributed by atoms with Crippen molar-refractivity contribution in [1.82, 2.24) is 10.6 Å². The third-order valence-corrected chi connectivity index (χ3v) is 6.13. The molecule has 0 radical (unpaired) electrons. The van der Waals surface area contributed by atoms with Gasteiger partial charge in [-0.05, 0) is 76.3 Å². The van der Waals surface area contributed by atoms with Crippen LogP contribution < -0.4 is 10.6 Å². The predicted molar refractivity (Wildman–Crippen MR) is 86.0 cm³/mol. The first-order valence-corrected chi connectivity index (χ1v) is 9.40. The van der Waals surface area contributed by atoms with Crippen molar-refractivity contribution in [2.75, 3.05) is 13.1 Å². The summed E-state index contributed by atoms with van der Waals surface area (Å²) in [5.74, 6) is 2.09. The maximum atomic E-state index is 3.62. The fraction of sp³-hybridized carbons (Fsp3) is 1.00. The maximum absolute atomic E-state index is 3.62. The molecule has 4 atom stereocenters. The summed E-state index contributed by atoms with van der Waals surface area (Å²) in [7, 11) is 0. The van der Waals surface area contributed by atoms with Crippen LogP contribution in [0.25, 0.3) is 0 Å². The lowest BCUT2D eigenvalue weighted by Gasteiger charge is -2.36. The molecule has 116 valence electrons. The zero-order valence-electron chi connectivity index (χ0n) is 13.2. The van der Waals surface area contributed by atoms with E-state index in [1.54, 1.807) is 0 Å². The molecule has 4 aliphatic rings. The maximum Gasteiger partial charge on any atom is 0.00953 e. The Morgan fingerprint density at radius 1 is 0.450 bits per heavy atom. The van der Waals surface area contributed by atoms with E-state index in [0.717, 1.165) is 23.9 Å². The second-order valence-electron chi connectivity index (χ2n) is 7.49. The molecular formula is C18H34N2. The first kappa shape index (κ1) is 14.8. The van der Waals surface area contributed by atoms with E-state index >= 15 is 0 Å². The smallest absolute Gasteiger partial charge is 0.00953 e. The third-order valence-electron chi connectivity index (χ3n) is 6.13. The second kappa shape index (κ2) is 7.79. The number of rotatable bonds is 0. The van der Waals surface area contributed by atoms with Crippen LogP contribution in [-0.2, 0) is 0 Å². The molecule has 0 aromatic heterocycles. The van der Waals surface area contributed by atoms with E-state index in [2.05, 4.69) is 10.6 Å². The summed E-state index contributed by atoms with van der Waals surface area (Å²) in [5.41, 5.74) is 0. The molecule has 4 rings (SSSR count). The minimum Gasteiger partial charge on any atom is -0.314 e. The monoisotopic (exact) mass is 278 g/mol. The molecule has 0 bridgehead atoms. The summed E-state index contributed by atoms with van der Waals surface area (Å²) >= 11 is 0. The molecule has 2 saturated heterocycles. The summed E-state index contributed by atoms with van der Waals surface area (Å²) in [4.78, 5) is 0. The Bertz CT molecular complexity index is 199. The molecule has 2 heteroatoms. The highest BCUT2D eigenvalue weighted by Gasteiger charge is 2.27. The third kappa shape index (κ3) is 3.98. The molecular weight excluding hydrogens is 244 g/mol. The lowest BCUT2D eigenvalue weighted by Crippen LogP contribution is -2.42. The van der Waals surface area contributed by atoms with E-state index in [1.807, 2.05) is 0 Å². The zero-order valence-corrected chi connectivity index (χ0v) is 13.2. The molecule has 2 saturated carbocycles. The molecule has 0 unspecified atom stereocenters. The van der Waals surface area contributed by atoms with Gasteiger partial charge in [0, 0.05) is 12.1 Å². The molecule has 4 fully saturated rings. The van der Waals surface area contributed by atoms with Crippen molar-refractivity contribution in [3.05, 3.63) is 0 Å². The normalized spacial score (nSPS) is 40.8. The highest BCUT2D eigenvalue weighted by atomic mass is 14.9. The SMILES string of the molecule is C1CC[C@@H]2NCCC[C@H]2C1.C1CC[C@H]2NCCC[C@@H]2C1. The van der Waals surface area contributed by atoms with Crippen molar-refractivity contribution in [1.29, 1.82) is 0 Å². The van der Waals surface area contributed by atoms with Gasteiger partial charge < -0.3 is 10.6 Å². The molecule has 0 amide bonds. The number of nitrogens with one attached hydrogen (secondary N) is 2. The van der Waals surface area contributed by atoms with Gasteiger partial charge in [0.1, 0.15) is 0 Å². The number of hydrogen-bond donors (Lipinski definition) is 2. The minimum absolute atomic E-state index is 0.905. The average molecular weight is 278 g/mol. The van der Waals surface area contributed by atoms with Gasteiger partial charge in [0.25, 0.3) is 0 Å². The molecule has 2 aliphatic heterocycles. The second-order valence-corrected chi connectivity index (χ2v) is 7.49. The van der Waals surface area contributed by atoms with Gasteiger partial charge in [-0.15, -0.1) is 0 Å². The first-order valence-electron chi connectivity index (χ1n) is 9.40. The fourth-order valence-corrected chi connectivity index (χ4v) is 4.95. The van der Waals surface area contributed by atoms with Gasteiger partial charge in [0.05, 0.1) is 0 Å². The summed E-state index contributed by atoms with van der Waals surface area (Å²) in [6.45, 7) is 2.56. The van der Waals surface area contributed by atoms with Crippen LogP contribution in [0.3, 0.4) is 0 Å². The summed E-state index contributed by atoms with van der Waals surface area (Å²) < 4.78 is 0. The molecule has 0 aromatic carbocycles. The van der Waals surface area contributed by atoms with Crippen LogP contribution in [0.4, 0.5) is 0 Å². The van der Waals surface area contributed by atoms with E-state index in [1.165, 1.54) is 90.1 Å². The Kier molecular flexibility index (Phi) is 5.78. The topological polar surface area (TPSA) is 24.1 Å². The number of hydrogen-bond acceptors (Lipinski definition) is 2. The lowest BCUT2D eigenvalue weighted by molar-refractivity contribution is 0.212. The van der Waals surface area contributed by atoms with Crippen LogP contribution in [0.1, 0.15) is 77.0 Å². The van der Waals surface area contributed by atoms with Crippen LogP contribution in [0.5, 0.6) is 0 Å². The quantitative estimate of drug-likeness (QED) is 0.703. The highest BCUT2D eigenvalue weighted by Crippen LogP contribution is 2.30. The van der Waals surface area contributed by atoms with Crippen molar-refractivity contribution < 1.29 is 0 Å². The zero-order chi connectivity index (χ0) is 13.6. The molecule has 0 aromatic rings. The van der Waals surface area contributed by atoms with Gasteiger partial charge in [-0.3, -0.25) is 0 Å². The van der Waals surface area contributed by atoms with Gasteiger partial charge in [-0.2, -0.15) is 0 Å².